The molecule has 1 atom stereocenters. The molecule has 2 heteroatoms. The molecule has 0 saturated carbocycles. The first-order valence-electron chi connectivity index (χ1n) is 1.44. The molecular weight excluding hydrogens is 132 g/mol. The highest BCUT2D eigenvalue weighted by molar-refractivity contribution is 9.09. The Bertz CT molecular complexity index is 20.9. The lowest BCUT2D eigenvalue weighted by Crippen LogP contribution is -1.88. The first-order chi connectivity index (χ1) is 2.27. The first kappa shape index (κ1) is 5.44. The highest BCUT2D eigenvalue weighted by Gasteiger charge is 1.81. The van der Waals surface area contributed by atoms with E-state index in [-0.39, 0.29) is 5.01 Å². The van der Waals surface area contributed by atoms with Gasteiger partial charge in [0.05, 0.1) is 0 Å². The van der Waals surface area contributed by atoms with Gasteiger partial charge in [-0.25, -0.2) is 0 Å². The molecule has 5 heavy (non-hydrogen) atoms. The Labute approximate surface area is 40.5 Å². The van der Waals surface area contributed by atoms with Gasteiger partial charge < -0.3 is 4.74 Å². The zero-order valence-electron chi connectivity index (χ0n) is 3.36. The molecule has 32 valence electrons. The van der Waals surface area contributed by atoms with Gasteiger partial charge >= 0.3 is 0 Å². The monoisotopic (exact) mass is 138 g/mol. The van der Waals surface area contributed by atoms with Crippen LogP contribution in [0.2, 0.25) is 0 Å². The molecule has 0 N–H and O–H groups in total. The maximum Gasteiger partial charge on any atom is 0.109 e. The smallest absolute Gasteiger partial charge is 0.109 e. The molecule has 1 nitrogen and oxygen atoms in total. The van der Waals surface area contributed by atoms with E-state index < -0.39 is 0 Å². The minimum Gasteiger partial charge on any atom is -0.371 e. The topological polar surface area (TPSA) is 9.23 Å². The van der Waals surface area contributed by atoms with Gasteiger partial charge in [0.25, 0.3) is 0 Å². The van der Waals surface area contributed by atoms with Crippen LogP contribution in [-0.4, -0.2) is 12.1 Å². The average molecular weight is 139 g/mol. The Kier molecular flexibility index (Phi) is 2.90. The zero-order valence-corrected chi connectivity index (χ0v) is 4.95. The van der Waals surface area contributed by atoms with Gasteiger partial charge in [0, 0.05) is 7.11 Å². The fraction of sp³-hybridized carbons (Fsp3) is 1.00. The van der Waals surface area contributed by atoms with E-state index in [4.69, 9.17) is 0 Å². The second-order valence-corrected chi connectivity index (χ2v) is 2.07. The van der Waals surface area contributed by atoms with Crippen molar-refractivity contribution < 1.29 is 4.74 Å². The molecule has 0 rings (SSSR count). The summed E-state index contributed by atoms with van der Waals surface area (Å²) in [5.41, 5.74) is 0. The van der Waals surface area contributed by atoms with Gasteiger partial charge in [-0.3, -0.25) is 0 Å². The number of halogens is 1. The molecule has 0 saturated heterocycles. The Morgan fingerprint density at radius 3 is 2.00 bits per heavy atom. The highest BCUT2D eigenvalue weighted by atomic mass is 79.9. The fourth-order valence-electron chi connectivity index (χ4n) is 0. The molecule has 0 fully saturated rings. The van der Waals surface area contributed by atoms with Gasteiger partial charge in [-0.05, 0) is 6.92 Å². The van der Waals surface area contributed by atoms with Gasteiger partial charge in [-0.2, -0.15) is 0 Å². The zero-order chi connectivity index (χ0) is 4.28. The molecule has 0 radical (unpaired) electrons. The van der Waals surface area contributed by atoms with Crippen LogP contribution in [0.3, 0.4) is 0 Å². The van der Waals surface area contributed by atoms with E-state index in [0.29, 0.717) is 0 Å². The van der Waals surface area contributed by atoms with Gasteiger partial charge in [-0.1, -0.05) is 15.9 Å². The van der Waals surface area contributed by atoms with Crippen molar-refractivity contribution in [1.29, 1.82) is 0 Å². The molecule has 0 aromatic rings. The second-order valence-electron chi connectivity index (χ2n) is 0.779. The first-order valence-corrected chi connectivity index (χ1v) is 2.36. The lowest BCUT2D eigenvalue weighted by atomic mass is 10.9. The van der Waals surface area contributed by atoms with Gasteiger partial charge in [0.2, 0.25) is 0 Å². The molecule has 0 aliphatic heterocycles. The summed E-state index contributed by atoms with van der Waals surface area (Å²) in [4.78, 5) is 0. The van der Waals surface area contributed by atoms with Crippen molar-refractivity contribution >= 4 is 15.9 Å². The van der Waals surface area contributed by atoms with Gasteiger partial charge in [-0.15, -0.1) is 0 Å². The number of hydrogen-bond donors (Lipinski definition) is 0. The molecule has 0 spiro atoms. The van der Waals surface area contributed by atoms with Crippen LogP contribution in [0.15, 0.2) is 0 Å². The summed E-state index contributed by atoms with van der Waals surface area (Å²) in [6.45, 7) is 1.92. The SMILES string of the molecule is CO[C@H](C)Br. The Balaban J connectivity index is 2.54. The summed E-state index contributed by atoms with van der Waals surface area (Å²) in [5, 5.41) is 0.197. The standard InChI is InChI=1S/C3H7BrO/c1-3(4)5-2/h3H,1-2H3/t3-/m1/s1. The van der Waals surface area contributed by atoms with Crippen molar-refractivity contribution in [2.24, 2.45) is 0 Å². The summed E-state index contributed by atoms with van der Waals surface area (Å²) in [6.07, 6.45) is 0. The third kappa shape index (κ3) is 4.44. The van der Waals surface area contributed by atoms with Crippen LogP contribution >= 0.6 is 15.9 Å². The molecule has 0 aromatic heterocycles. The Morgan fingerprint density at radius 1 is 1.80 bits per heavy atom. The predicted molar refractivity (Wildman–Crippen MR) is 25.4 cm³/mol. The summed E-state index contributed by atoms with van der Waals surface area (Å²) in [6, 6.07) is 0. The largest absolute Gasteiger partial charge is 0.371 e. The fourth-order valence-corrected chi connectivity index (χ4v) is 0. The van der Waals surface area contributed by atoms with Crippen LogP contribution in [-0.2, 0) is 4.74 Å². The Morgan fingerprint density at radius 2 is 2.00 bits per heavy atom. The van der Waals surface area contributed by atoms with Gasteiger partial charge in [0.15, 0.2) is 0 Å². The van der Waals surface area contributed by atoms with Crippen molar-refractivity contribution in [2.75, 3.05) is 7.11 Å². The molecule has 0 unspecified atom stereocenters. The van der Waals surface area contributed by atoms with Crippen LogP contribution in [0.4, 0.5) is 0 Å². The molecule has 0 aliphatic carbocycles. The van der Waals surface area contributed by atoms with Crippen molar-refractivity contribution in [3.05, 3.63) is 0 Å². The van der Waals surface area contributed by atoms with Crippen LogP contribution in [0.5, 0.6) is 0 Å². The Hall–Kier alpha value is 0.440. The van der Waals surface area contributed by atoms with Crippen molar-refractivity contribution in [2.45, 2.75) is 11.9 Å². The number of hydrogen-bond acceptors (Lipinski definition) is 1. The minimum atomic E-state index is 0.197. The van der Waals surface area contributed by atoms with Crippen molar-refractivity contribution in [1.82, 2.24) is 0 Å². The van der Waals surface area contributed by atoms with Gasteiger partial charge in [0.1, 0.15) is 5.01 Å². The van der Waals surface area contributed by atoms with E-state index in [1.807, 2.05) is 6.92 Å². The maximum absolute atomic E-state index is 4.67. The number of alkyl halides is 1. The van der Waals surface area contributed by atoms with Crippen LogP contribution in [0.25, 0.3) is 0 Å². The minimum absolute atomic E-state index is 0.197. The van der Waals surface area contributed by atoms with Crippen molar-refractivity contribution in [3.8, 4) is 0 Å². The predicted octanol–water partition coefficient (Wildman–Crippen LogP) is 1.37. The average Bonchev–Trinajstić information content (AvgIpc) is 1.38. The lowest BCUT2D eigenvalue weighted by Gasteiger charge is -1.92. The highest BCUT2D eigenvalue weighted by Crippen LogP contribution is 1.93. The normalized spacial score (nSPS) is 15.0. The maximum atomic E-state index is 4.67. The van der Waals surface area contributed by atoms with E-state index in [2.05, 4.69) is 20.7 Å². The van der Waals surface area contributed by atoms with E-state index in [0.717, 1.165) is 0 Å². The number of methoxy groups -OCH3 is 1. The van der Waals surface area contributed by atoms with Crippen LogP contribution in [0, 0.1) is 0 Å². The summed E-state index contributed by atoms with van der Waals surface area (Å²) in [5.74, 6) is 0. The van der Waals surface area contributed by atoms with E-state index in [9.17, 15) is 0 Å². The summed E-state index contributed by atoms with van der Waals surface area (Å²) in [7, 11) is 1.65. The molecule has 0 bridgehead atoms. The van der Waals surface area contributed by atoms with Crippen LogP contribution in [0.1, 0.15) is 6.92 Å². The summed E-state index contributed by atoms with van der Waals surface area (Å²) >= 11 is 3.15. The van der Waals surface area contributed by atoms with E-state index in [1.165, 1.54) is 0 Å². The third-order valence-corrected chi connectivity index (χ3v) is 0.699. The van der Waals surface area contributed by atoms with E-state index in [1.54, 1.807) is 7.11 Å². The molecule has 0 heterocycles. The molecule has 0 amide bonds. The van der Waals surface area contributed by atoms with E-state index >= 15 is 0 Å². The third-order valence-electron chi connectivity index (χ3n) is 0.325. The molecule has 0 aromatic carbocycles. The molecular formula is C3H7BrO. The quantitative estimate of drug-likeness (QED) is 0.498. The molecule has 0 aliphatic rings. The number of ether oxygens (including phenoxy) is 1. The van der Waals surface area contributed by atoms with Crippen molar-refractivity contribution in [3.63, 3.8) is 0 Å². The lowest BCUT2D eigenvalue weighted by molar-refractivity contribution is 0.193. The second kappa shape index (κ2) is 2.67. The summed E-state index contributed by atoms with van der Waals surface area (Å²) < 4.78 is 4.67. The van der Waals surface area contributed by atoms with Crippen LogP contribution < -0.4 is 0 Å². The number of rotatable bonds is 1.